The maximum atomic E-state index is 14.4. The summed E-state index contributed by atoms with van der Waals surface area (Å²) in [6.07, 6.45) is 9.40. The van der Waals surface area contributed by atoms with Crippen LogP contribution < -0.4 is 25.3 Å². The van der Waals surface area contributed by atoms with Crippen LogP contribution in [0.5, 0.6) is 17.2 Å². The van der Waals surface area contributed by atoms with Crippen molar-refractivity contribution in [3.05, 3.63) is 17.7 Å². The minimum atomic E-state index is -0.983. The van der Waals surface area contributed by atoms with Crippen LogP contribution >= 0.6 is 0 Å². The molecule has 0 spiro atoms. The van der Waals surface area contributed by atoms with Crippen molar-refractivity contribution in [2.45, 2.75) is 88.1 Å². The van der Waals surface area contributed by atoms with Crippen molar-refractivity contribution < 1.29 is 28.6 Å². The first kappa shape index (κ1) is 27.1. The summed E-state index contributed by atoms with van der Waals surface area (Å²) in [7, 11) is 4.69. The van der Waals surface area contributed by atoms with Crippen molar-refractivity contribution >= 4 is 17.7 Å². The molecule has 0 radical (unpaired) electrons. The molecule has 1 aromatic rings. The Morgan fingerprint density at radius 3 is 2.05 bits per heavy atom. The van der Waals surface area contributed by atoms with Gasteiger partial charge >= 0.3 is 0 Å². The van der Waals surface area contributed by atoms with Crippen LogP contribution in [0.3, 0.4) is 0 Å². The lowest BCUT2D eigenvalue weighted by atomic mass is 9.75. The van der Waals surface area contributed by atoms with E-state index >= 15 is 0 Å². The molecule has 2 saturated carbocycles. The number of hydrogen-bond donors (Lipinski definition) is 2. The summed E-state index contributed by atoms with van der Waals surface area (Å²) >= 11 is 0. The van der Waals surface area contributed by atoms with E-state index < -0.39 is 23.4 Å². The van der Waals surface area contributed by atoms with Crippen LogP contribution in [0.25, 0.3) is 0 Å². The van der Waals surface area contributed by atoms with Gasteiger partial charge in [0.15, 0.2) is 11.5 Å². The Morgan fingerprint density at radius 2 is 1.54 bits per heavy atom. The monoisotopic (exact) mass is 515 g/mol. The summed E-state index contributed by atoms with van der Waals surface area (Å²) in [6, 6.07) is 3.12. The minimum Gasteiger partial charge on any atom is -0.493 e. The summed E-state index contributed by atoms with van der Waals surface area (Å²) in [5.41, 5.74) is 5.46. The van der Waals surface area contributed by atoms with E-state index in [2.05, 4.69) is 5.32 Å². The Hall–Kier alpha value is -2.97. The summed E-state index contributed by atoms with van der Waals surface area (Å²) < 4.78 is 16.7. The van der Waals surface area contributed by atoms with Crippen LogP contribution in [0.4, 0.5) is 0 Å². The van der Waals surface area contributed by atoms with Crippen LogP contribution in [0.15, 0.2) is 12.1 Å². The van der Waals surface area contributed by atoms with E-state index in [0.717, 1.165) is 56.9 Å². The average Bonchev–Trinajstić information content (AvgIpc) is 2.90. The molecule has 1 aliphatic heterocycles. The number of hydrogen-bond acceptors (Lipinski definition) is 6. The van der Waals surface area contributed by atoms with Crippen molar-refractivity contribution in [3.8, 4) is 17.2 Å². The number of likely N-dealkylation sites (tertiary alicyclic amines) is 1. The molecule has 3 N–H and O–H groups in total. The molecular weight excluding hydrogens is 474 g/mol. The zero-order chi connectivity index (χ0) is 26.6. The standard InChI is InChI=1S/C28H41N3O6/c1-35-21-16-19(17-22(36-2)24(21)37-3)23(18-10-5-4-6-11-18)26(33)31-15-8-7-12-20(31)25(32)30-28(27(29)34)13-9-14-28/h16-18,20,23H,4-15H2,1-3H3,(H2,29,34)(H,30,32)/t20?,23-/m0/s1. The maximum Gasteiger partial charge on any atom is 0.243 e. The van der Waals surface area contributed by atoms with Gasteiger partial charge in [0.05, 0.1) is 27.2 Å². The first-order chi connectivity index (χ1) is 17.8. The highest BCUT2D eigenvalue weighted by Gasteiger charge is 2.47. The molecule has 37 heavy (non-hydrogen) atoms. The van der Waals surface area contributed by atoms with Gasteiger partial charge in [0.1, 0.15) is 11.6 Å². The van der Waals surface area contributed by atoms with Gasteiger partial charge in [-0.25, -0.2) is 0 Å². The predicted molar refractivity (Wildman–Crippen MR) is 139 cm³/mol. The number of carbonyl (C=O) groups is 3. The quantitative estimate of drug-likeness (QED) is 0.521. The normalized spacial score (nSPS) is 22.4. The van der Waals surface area contributed by atoms with Gasteiger partial charge in [0, 0.05) is 6.54 Å². The van der Waals surface area contributed by atoms with Gasteiger partial charge in [-0.2, -0.15) is 0 Å². The number of nitrogens with zero attached hydrogens (tertiary/aromatic N) is 1. The molecule has 204 valence electrons. The van der Waals surface area contributed by atoms with Gasteiger partial charge in [-0.1, -0.05) is 19.3 Å². The SMILES string of the molecule is COc1cc([C@@H](C(=O)N2CCCCC2C(=O)NC2(C(N)=O)CCC2)C2CCCCC2)cc(OC)c1OC. The van der Waals surface area contributed by atoms with E-state index in [4.69, 9.17) is 19.9 Å². The van der Waals surface area contributed by atoms with Crippen LogP contribution in [0.2, 0.25) is 0 Å². The van der Waals surface area contributed by atoms with Crippen molar-refractivity contribution in [2.24, 2.45) is 11.7 Å². The highest BCUT2D eigenvalue weighted by atomic mass is 16.5. The summed E-state index contributed by atoms with van der Waals surface area (Å²) in [4.78, 5) is 41.7. The predicted octanol–water partition coefficient (Wildman–Crippen LogP) is 3.28. The molecule has 1 saturated heterocycles. The molecule has 2 aliphatic carbocycles. The second-order valence-corrected chi connectivity index (χ2v) is 10.7. The number of piperidine rings is 1. The van der Waals surface area contributed by atoms with Gasteiger partial charge in [-0.05, 0) is 75.0 Å². The summed E-state index contributed by atoms with van der Waals surface area (Å²) in [5.74, 6) is 0.379. The number of rotatable bonds is 9. The molecule has 9 nitrogen and oxygen atoms in total. The third-order valence-electron chi connectivity index (χ3n) is 8.56. The van der Waals surface area contributed by atoms with Gasteiger partial charge in [-0.3, -0.25) is 14.4 Å². The third-order valence-corrected chi connectivity index (χ3v) is 8.56. The fourth-order valence-electron chi connectivity index (χ4n) is 6.29. The van der Waals surface area contributed by atoms with Gasteiger partial charge < -0.3 is 30.2 Å². The van der Waals surface area contributed by atoms with E-state index in [1.165, 1.54) is 0 Å². The van der Waals surface area contributed by atoms with Crippen LogP contribution in [0, 0.1) is 5.92 Å². The van der Waals surface area contributed by atoms with Gasteiger partial charge in [-0.15, -0.1) is 0 Å². The van der Waals surface area contributed by atoms with Crippen molar-refractivity contribution in [1.29, 1.82) is 0 Å². The molecule has 2 atom stereocenters. The highest BCUT2D eigenvalue weighted by molar-refractivity contribution is 5.95. The number of primary amides is 1. The van der Waals surface area contributed by atoms with Crippen LogP contribution in [-0.2, 0) is 14.4 Å². The lowest BCUT2D eigenvalue weighted by Gasteiger charge is -2.43. The topological polar surface area (TPSA) is 120 Å². The fraction of sp³-hybridized carbons (Fsp3) is 0.679. The van der Waals surface area contributed by atoms with Crippen molar-refractivity contribution in [2.75, 3.05) is 27.9 Å². The molecule has 9 heteroatoms. The zero-order valence-corrected chi connectivity index (χ0v) is 22.3. The molecule has 4 rings (SSSR count). The molecule has 1 unspecified atom stereocenters. The Balaban J connectivity index is 1.68. The Labute approximate surface area is 219 Å². The Kier molecular flexibility index (Phi) is 8.49. The summed E-state index contributed by atoms with van der Waals surface area (Å²) in [5, 5.41) is 2.93. The molecule has 1 heterocycles. The maximum absolute atomic E-state index is 14.4. The molecule has 3 amide bonds. The average molecular weight is 516 g/mol. The largest absolute Gasteiger partial charge is 0.493 e. The van der Waals surface area contributed by atoms with Crippen LogP contribution in [-0.4, -0.2) is 62.1 Å². The molecule has 3 aliphatic rings. The Bertz CT molecular complexity index is 977. The van der Waals surface area contributed by atoms with Crippen molar-refractivity contribution in [1.82, 2.24) is 10.2 Å². The lowest BCUT2D eigenvalue weighted by molar-refractivity contribution is -0.147. The summed E-state index contributed by atoms with van der Waals surface area (Å²) in [6.45, 7) is 0.508. The molecule has 0 aromatic heterocycles. The number of methoxy groups -OCH3 is 3. The lowest BCUT2D eigenvalue weighted by Crippen LogP contribution is -2.65. The number of nitrogens with one attached hydrogen (secondary N) is 1. The molecule has 3 fully saturated rings. The number of amides is 3. The molecule has 1 aromatic carbocycles. The van der Waals surface area contributed by atoms with E-state index in [9.17, 15) is 14.4 Å². The minimum absolute atomic E-state index is 0.0530. The molecular formula is C28H41N3O6. The smallest absolute Gasteiger partial charge is 0.243 e. The molecule has 0 bridgehead atoms. The number of nitrogens with two attached hydrogens (primary N) is 1. The third kappa shape index (κ3) is 5.36. The second-order valence-electron chi connectivity index (χ2n) is 10.7. The first-order valence-electron chi connectivity index (χ1n) is 13.6. The number of carbonyl (C=O) groups excluding carboxylic acids is 3. The van der Waals surface area contributed by atoms with Crippen LogP contribution in [0.1, 0.15) is 82.1 Å². The fourth-order valence-corrected chi connectivity index (χ4v) is 6.29. The van der Waals surface area contributed by atoms with E-state index in [1.807, 2.05) is 12.1 Å². The van der Waals surface area contributed by atoms with E-state index in [1.54, 1.807) is 26.2 Å². The zero-order valence-electron chi connectivity index (χ0n) is 22.3. The number of benzene rings is 1. The van der Waals surface area contributed by atoms with Gasteiger partial charge in [0.25, 0.3) is 0 Å². The van der Waals surface area contributed by atoms with Gasteiger partial charge in [0.2, 0.25) is 23.5 Å². The number of ether oxygens (including phenoxy) is 3. The second kappa shape index (κ2) is 11.6. The van der Waals surface area contributed by atoms with Crippen molar-refractivity contribution in [3.63, 3.8) is 0 Å². The van der Waals surface area contributed by atoms with E-state index in [-0.39, 0.29) is 17.7 Å². The van der Waals surface area contributed by atoms with E-state index in [0.29, 0.717) is 43.1 Å². The first-order valence-corrected chi connectivity index (χ1v) is 13.6. The highest BCUT2D eigenvalue weighted by Crippen LogP contribution is 2.45. The Morgan fingerprint density at radius 1 is 0.919 bits per heavy atom.